The molecule has 1 rings (SSSR count). The Balaban J connectivity index is 2.67. The highest BCUT2D eigenvalue weighted by Crippen LogP contribution is 2.17. The summed E-state index contributed by atoms with van der Waals surface area (Å²) in [6.07, 6.45) is -0.0818. The van der Waals surface area contributed by atoms with Crippen molar-refractivity contribution in [2.75, 3.05) is 7.11 Å². The van der Waals surface area contributed by atoms with Crippen molar-refractivity contribution in [1.29, 1.82) is 0 Å². The van der Waals surface area contributed by atoms with Gasteiger partial charge in [-0.05, 0) is 19.9 Å². The van der Waals surface area contributed by atoms with Gasteiger partial charge in [-0.1, -0.05) is 0 Å². The van der Waals surface area contributed by atoms with Crippen molar-refractivity contribution in [3.05, 3.63) is 11.6 Å². The van der Waals surface area contributed by atoms with Crippen molar-refractivity contribution >= 4 is 12.1 Å². The van der Waals surface area contributed by atoms with Crippen LogP contribution in [0.2, 0.25) is 0 Å². The summed E-state index contributed by atoms with van der Waals surface area (Å²) in [5.41, 5.74) is 0.391. The number of carbonyl (C=O) groups excluding carboxylic acids is 2. The van der Waals surface area contributed by atoms with Crippen molar-refractivity contribution in [3.63, 3.8) is 0 Å². The van der Waals surface area contributed by atoms with E-state index in [2.05, 4.69) is 4.74 Å². The zero-order chi connectivity index (χ0) is 10.7. The normalized spacial score (nSPS) is 26.8. The van der Waals surface area contributed by atoms with Gasteiger partial charge in [0.2, 0.25) is 0 Å². The van der Waals surface area contributed by atoms with Crippen LogP contribution < -0.4 is 0 Å². The average molecular weight is 200 g/mol. The highest BCUT2D eigenvalue weighted by molar-refractivity contribution is 5.87. The van der Waals surface area contributed by atoms with Crippen molar-refractivity contribution in [3.8, 4) is 0 Å². The smallest absolute Gasteiger partial charge is 0.466 e. The Morgan fingerprint density at radius 3 is 2.57 bits per heavy atom. The number of carbonyl (C=O) groups is 2. The molecule has 0 aromatic rings. The second-order valence-electron chi connectivity index (χ2n) is 3.00. The van der Waals surface area contributed by atoms with Gasteiger partial charge in [-0.3, -0.25) is 0 Å². The first-order chi connectivity index (χ1) is 6.54. The Morgan fingerprint density at radius 2 is 2.14 bits per heavy atom. The molecule has 0 aromatic carbocycles. The number of methoxy groups -OCH3 is 1. The van der Waals surface area contributed by atoms with Gasteiger partial charge in [-0.25, -0.2) is 9.59 Å². The first-order valence-electron chi connectivity index (χ1n) is 4.18. The van der Waals surface area contributed by atoms with Crippen molar-refractivity contribution in [2.45, 2.75) is 26.1 Å². The van der Waals surface area contributed by atoms with E-state index in [1.807, 2.05) is 0 Å². The summed E-state index contributed by atoms with van der Waals surface area (Å²) in [4.78, 5) is 21.7. The van der Waals surface area contributed by atoms with Crippen LogP contribution in [0.1, 0.15) is 13.8 Å². The third-order valence-corrected chi connectivity index (χ3v) is 1.90. The van der Waals surface area contributed by atoms with Crippen LogP contribution in [-0.2, 0) is 19.0 Å². The van der Waals surface area contributed by atoms with Gasteiger partial charge in [0.15, 0.2) is 6.10 Å². The lowest BCUT2D eigenvalue weighted by Gasteiger charge is -2.06. The van der Waals surface area contributed by atoms with Gasteiger partial charge in [-0.2, -0.15) is 0 Å². The van der Waals surface area contributed by atoms with E-state index in [9.17, 15) is 9.59 Å². The van der Waals surface area contributed by atoms with Crippen molar-refractivity contribution in [2.24, 2.45) is 0 Å². The summed E-state index contributed by atoms with van der Waals surface area (Å²) in [6, 6.07) is 0. The average Bonchev–Trinajstić information content (AvgIpc) is 2.44. The molecule has 0 amide bonds. The molecule has 5 nitrogen and oxygen atoms in total. The molecule has 1 saturated heterocycles. The highest BCUT2D eigenvalue weighted by atomic mass is 16.8. The van der Waals surface area contributed by atoms with Crippen LogP contribution in [0.25, 0.3) is 0 Å². The van der Waals surface area contributed by atoms with E-state index >= 15 is 0 Å². The molecule has 78 valence electrons. The maximum atomic E-state index is 11.0. The number of hydrogen-bond donors (Lipinski definition) is 0. The lowest BCUT2D eigenvalue weighted by atomic mass is 10.1. The van der Waals surface area contributed by atoms with Crippen LogP contribution in [-0.4, -0.2) is 31.4 Å². The molecule has 2 unspecified atom stereocenters. The third kappa shape index (κ3) is 2.25. The van der Waals surface area contributed by atoms with E-state index in [-0.39, 0.29) is 6.10 Å². The number of rotatable bonds is 2. The molecule has 0 N–H and O–H groups in total. The molecule has 0 radical (unpaired) electrons. The summed E-state index contributed by atoms with van der Waals surface area (Å²) in [7, 11) is 1.29. The molecular weight excluding hydrogens is 188 g/mol. The van der Waals surface area contributed by atoms with Crippen LogP contribution in [0, 0.1) is 0 Å². The second-order valence-corrected chi connectivity index (χ2v) is 3.00. The van der Waals surface area contributed by atoms with Gasteiger partial charge in [0.25, 0.3) is 0 Å². The Hall–Kier alpha value is -1.52. The Morgan fingerprint density at radius 1 is 1.50 bits per heavy atom. The predicted octanol–water partition coefficient (Wildman–Crippen LogP) is 1.03. The van der Waals surface area contributed by atoms with Crippen LogP contribution in [0.5, 0.6) is 0 Å². The zero-order valence-electron chi connectivity index (χ0n) is 8.27. The Kier molecular flexibility index (Phi) is 3.11. The summed E-state index contributed by atoms with van der Waals surface area (Å²) in [6.45, 7) is 3.28. The molecule has 0 spiro atoms. The Bertz CT molecular complexity index is 281. The lowest BCUT2D eigenvalue weighted by molar-refractivity contribution is -0.136. The molecule has 1 heterocycles. The summed E-state index contributed by atoms with van der Waals surface area (Å²) in [5, 5.41) is 0. The van der Waals surface area contributed by atoms with E-state index < -0.39 is 18.2 Å². The van der Waals surface area contributed by atoms with Gasteiger partial charge in [0.05, 0.1) is 7.11 Å². The molecule has 1 fully saturated rings. The number of esters is 1. The maximum absolute atomic E-state index is 11.0. The topological polar surface area (TPSA) is 61.8 Å². The van der Waals surface area contributed by atoms with Gasteiger partial charge >= 0.3 is 12.1 Å². The van der Waals surface area contributed by atoms with Crippen LogP contribution in [0.3, 0.4) is 0 Å². The molecule has 0 aliphatic carbocycles. The van der Waals surface area contributed by atoms with Crippen LogP contribution in [0.4, 0.5) is 4.79 Å². The molecular formula is C9H12O5. The standard InChI is InChI=1S/C9H12O5/c1-5(8(10)12-3)4-7-6(2)13-9(11)14-7/h4,6-7H,1-3H3. The first kappa shape index (κ1) is 10.6. The fourth-order valence-corrected chi connectivity index (χ4v) is 1.10. The predicted molar refractivity (Wildman–Crippen MR) is 46.6 cm³/mol. The van der Waals surface area contributed by atoms with Gasteiger partial charge in [0.1, 0.15) is 6.10 Å². The SMILES string of the molecule is COC(=O)C(C)=CC1OC(=O)OC1C. The summed E-state index contributed by atoms with van der Waals surface area (Å²) >= 11 is 0. The maximum Gasteiger partial charge on any atom is 0.509 e. The monoisotopic (exact) mass is 200 g/mol. The zero-order valence-corrected chi connectivity index (χ0v) is 8.27. The molecule has 0 bridgehead atoms. The molecule has 0 saturated carbocycles. The fourth-order valence-electron chi connectivity index (χ4n) is 1.10. The van der Waals surface area contributed by atoms with Gasteiger partial charge in [0, 0.05) is 5.57 Å². The molecule has 14 heavy (non-hydrogen) atoms. The fraction of sp³-hybridized carbons (Fsp3) is 0.556. The quantitative estimate of drug-likeness (QED) is 0.492. The Labute approximate surface area is 81.6 Å². The minimum atomic E-state index is -0.712. The number of hydrogen-bond acceptors (Lipinski definition) is 5. The molecule has 2 atom stereocenters. The highest BCUT2D eigenvalue weighted by Gasteiger charge is 2.31. The molecule has 1 aliphatic rings. The largest absolute Gasteiger partial charge is 0.509 e. The van der Waals surface area contributed by atoms with Gasteiger partial charge in [-0.15, -0.1) is 0 Å². The van der Waals surface area contributed by atoms with Crippen LogP contribution >= 0.6 is 0 Å². The van der Waals surface area contributed by atoms with Crippen LogP contribution in [0.15, 0.2) is 11.6 Å². The van der Waals surface area contributed by atoms with E-state index in [4.69, 9.17) is 9.47 Å². The van der Waals surface area contributed by atoms with E-state index in [0.717, 1.165) is 0 Å². The minimum Gasteiger partial charge on any atom is -0.466 e. The minimum absolute atomic E-state index is 0.373. The summed E-state index contributed by atoms with van der Waals surface area (Å²) < 4.78 is 14.0. The molecule has 5 heteroatoms. The van der Waals surface area contributed by atoms with Crippen molar-refractivity contribution < 1.29 is 23.8 Å². The van der Waals surface area contributed by atoms with E-state index in [1.165, 1.54) is 13.2 Å². The van der Waals surface area contributed by atoms with Crippen molar-refractivity contribution in [1.82, 2.24) is 0 Å². The van der Waals surface area contributed by atoms with Gasteiger partial charge < -0.3 is 14.2 Å². The van der Waals surface area contributed by atoms with E-state index in [1.54, 1.807) is 13.8 Å². The molecule has 0 aromatic heterocycles. The van der Waals surface area contributed by atoms with E-state index in [0.29, 0.717) is 5.57 Å². The lowest BCUT2D eigenvalue weighted by Crippen LogP contribution is -2.18. The number of ether oxygens (including phenoxy) is 3. The molecule has 1 aliphatic heterocycles. The summed E-state index contributed by atoms with van der Waals surface area (Å²) in [5.74, 6) is -0.444. The number of cyclic esters (lactones) is 2. The third-order valence-electron chi connectivity index (χ3n) is 1.90. The second kappa shape index (κ2) is 4.13. The first-order valence-corrected chi connectivity index (χ1v) is 4.18.